The first-order valence-corrected chi connectivity index (χ1v) is 8.74. The lowest BCUT2D eigenvalue weighted by molar-refractivity contribution is 0.293. The van der Waals surface area contributed by atoms with E-state index >= 15 is 0 Å². The summed E-state index contributed by atoms with van der Waals surface area (Å²) in [5.74, 6) is 0. The summed E-state index contributed by atoms with van der Waals surface area (Å²) in [6, 6.07) is 0. The molecule has 0 spiro atoms. The van der Waals surface area contributed by atoms with Gasteiger partial charge in [0.1, 0.15) is 6.34 Å². The lowest BCUT2D eigenvalue weighted by atomic mass is 10.0. The van der Waals surface area contributed by atoms with Crippen LogP contribution in [0, 0.1) is 0 Å². The van der Waals surface area contributed by atoms with Crippen molar-refractivity contribution in [1.29, 1.82) is 0 Å². The summed E-state index contributed by atoms with van der Waals surface area (Å²) in [7, 11) is 0. The minimum absolute atomic E-state index is 1.05. The lowest BCUT2D eigenvalue weighted by Crippen LogP contribution is -2.37. The van der Waals surface area contributed by atoms with Crippen LogP contribution in [0.25, 0.3) is 0 Å². The van der Waals surface area contributed by atoms with Crippen molar-refractivity contribution in [2.24, 2.45) is 5.10 Å². The standard InChI is InChI=1S/C16H34N4/c1-2-3-4-5-6-7-8-9-10-11-12-13-14-15-20-16-17-18-19-20/h16,18-19H,2-15H2,1H3. The minimum Gasteiger partial charge on any atom is -0.278 e. The maximum atomic E-state index is 3.88. The topological polar surface area (TPSA) is 39.7 Å². The molecular weight excluding hydrogens is 248 g/mol. The molecule has 0 amide bonds. The third-order valence-corrected chi connectivity index (χ3v) is 3.96. The molecular formula is C16H34N4. The van der Waals surface area contributed by atoms with Gasteiger partial charge in [-0.3, -0.25) is 5.01 Å². The Bertz CT molecular complexity index is 231. The fourth-order valence-electron chi connectivity index (χ4n) is 2.63. The number of nitrogens with one attached hydrogen (secondary N) is 2. The average molecular weight is 282 g/mol. The third kappa shape index (κ3) is 10.1. The largest absolute Gasteiger partial charge is 0.278 e. The van der Waals surface area contributed by atoms with Gasteiger partial charge in [0.25, 0.3) is 0 Å². The molecule has 20 heavy (non-hydrogen) atoms. The van der Waals surface area contributed by atoms with Gasteiger partial charge < -0.3 is 0 Å². The smallest absolute Gasteiger partial charge is 0.128 e. The molecule has 0 fully saturated rings. The second-order valence-electron chi connectivity index (χ2n) is 5.90. The van der Waals surface area contributed by atoms with Crippen LogP contribution in [0.1, 0.15) is 90.4 Å². The summed E-state index contributed by atoms with van der Waals surface area (Å²) < 4.78 is 0. The summed E-state index contributed by atoms with van der Waals surface area (Å²) in [6.45, 7) is 3.33. The molecule has 0 aliphatic carbocycles. The van der Waals surface area contributed by atoms with E-state index in [0.29, 0.717) is 0 Å². The van der Waals surface area contributed by atoms with Crippen LogP contribution in [-0.2, 0) is 0 Å². The van der Waals surface area contributed by atoms with Gasteiger partial charge in [-0.15, -0.1) is 5.53 Å². The Morgan fingerprint density at radius 3 is 1.70 bits per heavy atom. The van der Waals surface area contributed by atoms with E-state index in [0.717, 1.165) is 6.54 Å². The molecule has 0 aromatic carbocycles. The van der Waals surface area contributed by atoms with Crippen LogP contribution in [0.3, 0.4) is 0 Å². The number of rotatable bonds is 14. The molecule has 0 aromatic heterocycles. The highest BCUT2D eigenvalue weighted by Crippen LogP contribution is 2.12. The van der Waals surface area contributed by atoms with Crippen LogP contribution in [-0.4, -0.2) is 17.9 Å². The molecule has 2 N–H and O–H groups in total. The second kappa shape index (κ2) is 13.2. The molecule has 4 nitrogen and oxygen atoms in total. The van der Waals surface area contributed by atoms with Gasteiger partial charge in [0.05, 0.1) is 0 Å². The van der Waals surface area contributed by atoms with E-state index < -0.39 is 0 Å². The zero-order chi connectivity index (χ0) is 14.3. The molecule has 0 radical (unpaired) electrons. The summed E-state index contributed by atoms with van der Waals surface area (Å²) >= 11 is 0. The van der Waals surface area contributed by atoms with Gasteiger partial charge in [0.15, 0.2) is 0 Å². The Morgan fingerprint density at radius 2 is 1.25 bits per heavy atom. The average Bonchev–Trinajstić information content (AvgIpc) is 2.97. The van der Waals surface area contributed by atoms with E-state index in [9.17, 15) is 0 Å². The van der Waals surface area contributed by atoms with Crippen LogP contribution >= 0.6 is 0 Å². The Kier molecular flexibility index (Phi) is 11.4. The quantitative estimate of drug-likeness (QED) is 0.465. The normalized spacial score (nSPS) is 13.9. The Morgan fingerprint density at radius 1 is 0.750 bits per heavy atom. The Hall–Kier alpha value is -0.770. The molecule has 0 aromatic rings. The first-order chi connectivity index (χ1) is 9.93. The monoisotopic (exact) mass is 282 g/mol. The SMILES string of the molecule is CCCCCCCCCCCCCCCN1C=NNN1. The van der Waals surface area contributed by atoms with Crippen molar-refractivity contribution in [2.75, 3.05) is 6.54 Å². The Balaban J connectivity index is 1.67. The van der Waals surface area contributed by atoms with E-state index in [1.54, 1.807) is 6.34 Å². The number of unbranched alkanes of at least 4 members (excludes halogenated alkanes) is 12. The molecule has 4 heteroatoms. The van der Waals surface area contributed by atoms with Crippen LogP contribution in [0.15, 0.2) is 5.10 Å². The number of hydrazone groups is 1. The number of hydrazine groups is 2. The Labute approximate surface area is 125 Å². The predicted molar refractivity (Wildman–Crippen MR) is 87.2 cm³/mol. The van der Waals surface area contributed by atoms with Gasteiger partial charge in [0.2, 0.25) is 0 Å². The third-order valence-electron chi connectivity index (χ3n) is 3.96. The molecule has 1 aliphatic heterocycles. The summed E-state index contributed by atoms with van der Waals surface area (Å²) in [5.41, 5.74) is 5.68. The zero-order valence-electron chi connectivity index (χ0n) is 13.4. The minimum atomic E-state index is 1.05. The van der Waals surface area contributed by atoms with Gasteiger partial charge in [-0.2, -0.15) is 5.10 Å². The van der Waals surface area contributed by atoms with Crippen LogP contribution in [0.2, 0.25) is 0 Å². The molecule has 0 saturated carbocycles. The fraction of sp³-hybridized carbons (Fsp3) is 0.938. The van der Waals surface area contributed by atoms with E-state index in [1.807, 2.05) is 5.01 Å². The molecule has 118 valence electrons. The highest BCUT2D eigenvalue weighted by Gasteiger charge is 2.02. The molecule has 1 rings (SSSR count). The zero-order valence-corrected chi connectivity index (χ0v) is 13.4. The fourth-order valence-corrected chi connectivity index (χ4v) is 2.63. The highest BCUT2D eigenvalue weighted by atomic mass is 15.8. The van der Waals surface area contributed by atoms with Crippen molar-refractivity contribution in [3.8, 4) is 0 Å². The van der Waals surface area contributed by atoms with Crippen molar-refractivity contribution < 1.29 is 0 Å². The van der Waals surface area contributed by atoms with Crippen molar-refractivity contribution in [3.63, 3.8) is 0 Å². The van der Waals surface area contributed by atoms with Gasteiger partial charge in [0, 0.05) is 6.54 Å². The maximum Gasteiger partial charge on any atom is 0.128 e. The predicted octanol–water partition coefficient (Wildman–Crippen LogP) is 4.35. The molecule has 0 bridgehead atoms. The second-order valence-corrected chi connectivity index (χ2v) is 5.90. The van der Waals surface area contributed by atoms with Crippen molar-refractivity contribution >= 4 is 6.34 Å². The number of nitrogens with zero attached hydrogens (tertiary/aromatic N) is 2. The van der Waals surface area contributed by atoms with Gasteiger partial charge in [-0.05, 0) is 6.42 Å². The number of hydrogen-bond acceptors (Lipinski definition) is 4. The van der Waals surface area contributed by atoms with Crippen molar-refractivity contribution in [1.82, 2.24) is 16.1 Å². The molecule has 0 atom stereocenters. The summed E-state index contributed by atoms with van der Waals surface area (Å²) in [4.78, 5) is 0. The molecule has 1 heterocycles. The molecule has 0 saturated heterocycles. The van der Waals surface area contributed by atoms with E-state index in [4.69, 9.17) is 0 Å². The van der Waals surface area contributed by atoms with E-state index in [2.05, 4.69) is 23.1 Å². The molecule has 1 aliphatic rings. The van der Waals surface area contributed by atoms with Gasteiger partial charge >= 0.3 is 0 Å². The van der Waals surface area contributed by atoms with Crippen molar-refractivity contribution in [3.05, 3.63) is 0 Å². The first-order valence-electron chi connectivity index (χ1n) is 8.74. The van der Waals surface area contributed by atoms with E-state index in [-0.39, 0.29) is 0 Å². The maximum absolute atomic E-state index is 3.88. The van der Waals surface area contributed by atoms with Crippen LogP contribution in [0.5, 0.6) is 0 Å². The van der Waals surface area contributed by atoms with Gasteiger partial charge in [-0.25, -0.2) is 5.53 Å². The summed E-state index contributed by atoms with van der Waals surface area (Å²) in [5, 5.41) is 5.88. The highest BCUT2D eigenvalue weighted by molar-refractivity contribution is 5.54. The first kappa shape index (κ1) is 17.3. The van der Waals surface area contributed by atoms with E-state index in [1.165, 1.54) is 83.5 Å². The van der Waals surface area contributed by atoms with Crippen LogP contribution in [0.4, 0.5) is 0 Å². The summed E-state index contributed by atoms with van der Waals surface area (Å²) in [6.07, 6.45) is 20.1. The van der Waals surface area contributed by atoms with Crippen LogP contribution < -0.4 is 11.1 Å². The number of hydrogen-bond donors (Lipinski definition) is 2. The lowest BCUT2D eigenvalue weighted by Gasteiger charge is -2.12. The van der Waals surface area contributed by atoms with Gasteiger partial charge in [-0.1, -0.05) is 84.0 Å². The molecule has 0 unspecified atom stereocenters. The van der Waals surface area contributed by atoms with Crippen molar-refractivity contribution in [2.45, 2.75) is 90.4 Å².